The summed E-state index contributed by atoms with van der Waals surface area (Å²) in [6.07, 6.45) is 0.140. The summed E-state index contributed by atoms with van der Waals surface area (Å²) < 4.78 is 5.35. The van der Waals surface area contributed by atoms with Gasteiger partial charge in [0.1, 0.15) is 16.7 Å². The summed E-state index contributed by atoms with van der Waals surface area (Å²) in [6.45, 7) is 4.35. The first-order chi connectivity index (χ1) is 13.5. The first-order valence-corrected chi connectivity index (χ1v) is 9.96. The van der Waals surface area contributed by atoms with Gasteiger partial charge in [-0.3, -0.25) is 14.5 Å². The minimum Gasteiger partial charge on any atom is -0.494 e. The number of thioether (sulfide) groups is 1. The molecule has 0 aromatic heterocycles. The molecule has 0 aliphatic carbocycles. The minimum absolute atomic E-state index is 0.112. The number of amidine groups is 1. The molecule has 2 aromatic carbocycles. The predicted octanol–water partition coefficient (Wildman–Crippen LogP) is 3.98. The van der Waals surface area contributed by atoms with Gasteiger partial charge in [-0.1, -0.05) is 36.0 Å². The third-order valence-electron chi connectivity index (χ3n) is 4.34. The zero-order chi connectivity index (χ0) is 20.1. The van der Waals surface area contributed by atoms with E-state index in [4.69, 9.17) is 4.74 Å². The Bertz CT molecular complexity index is 913. The number of aliphatic imine (C=N–C) groups is 1. The Hall–Kier alpha value is -2.80. The Balaban J connectivity index is 1.84. The molecule has 1 aliphatic rings. The molecule has 2 aromatic rings. The second-order valence-corrected chi connectivity index (χ2v) is 7.54. The summed E-state index contributed by atoms with van der Waals surface area (Å²) in [5.41, 5.74) is 2.40. The molecule has 7 heteroatoms. The number of anilines is 1. The van der Waals surface area contributed by atoms with Gasteiger partial charge < -0.3 is 10.1 Å². The highest BCUT2D eigenvalue weighted by Gasteiger charge is 2.35. The first-order valence-electron chi connectivity index (χ1n) is 9.08. The Morgan fingerprint density at radius 3 is 2.79 bits per heavy atom. The summed E-state index contributed by atoms with van der Waals surface area (Å²) in [5.74, 6) is 0.303. The van der Waals surface area contributed by atoms with Crippen molar-refractivity contribution in [2.75, 3.05) is 19.0 Å². The van der Waals surface area contributed by atoms with Crippen LogP contribution in [0.1, 0.15) is 18.9 Å². The van der Waals surface area contributed by atoms with Crippen molar-refractivity contribution in [1.82, 2.24) is 4.90 Å². The molecule has 2 amide bonds. The molecule has 1 saturated heterocycles. The Labute approximate surface area is 169 Å². The van der Waals surface area contributed by atoms with E-state index in [-0.39, 0.29) is 18.2 Å². The van der Waals surface area contributed by atoms with E-state index in [1.807, 2.05) is 62.4 Å². The van der Waals surface area contributed by atoms with Gasteiger partial charge in [-0.25, -0.2) is 4.99 Å². The number of carbonyl (C=O) groups is 2. The number of rotatable bonds is 5. The van der Waals surface area contributed by atoms with Gasteiger partial charge in [0, 0.05) is 18.7 Å². The van der Waals surface area contributed by atoms with Crippen molar-refractivity contribution in [3.63, 3.8) is 0 Å². The lowest BCUT2D eigenvalue weighted by Gasteiger charge is -2.31. The highest BCUT2D eigenvalue weighted by molar-refractivity contribution is 8.15. The van der Waals surface area contributed by atoms with Crippen LogP contribution in [0.2, 0.25) is 0 Å². The SMILES string of the molecule is CCN1C(=O)C[C@H](C(=O)Nc2cccc(C)c2)SC1=Nc1ccccc1OC. The molecular weight excluding hydrogens is 374 g/mol. The average molecular weight is 398 g/mol. The fraction of sp³-hybridized carbons (Fsp3) is 0.286. The molecule has 1 N–H and O–H groups in total. The smallest absolute Gasteiger partial charge is 0.238 e. The topological polar surface area (TPSA) is 71.0 Å². The predicted molar refractivity (Wildman–Crippen MR) is 113 cm³/mol. The maximum Gasteiger partial charge on any atom is 0.238 e. The van der Waals surface area contributed by atoms with Crippen LogP contribution in [0, 0.1) is 6.92 Å². The van der Waals surface area contributed by atoms with E-state index in [0.717, 1.165) is 11.3 Å². The zero-order valence-corrected chi connectivity index (χ0v) is 17.0. The van der Waals surface area contributed by atoms with E-state index < -0.39 is 5.25 Å². The van der Waals surface area contributed by atoms with Gasteiger partial charge >= 0.3 is 0 Å². The zero-order valence-electron chi connectivity index (χ0n) is 16.1. The molecule has 0 unspecified atom stereocenters. The third kappa shape index (κ3) is 4.54. The van der Waals surface area contributed by atoms with Crippen LogP contribution in [0.15, 0.2) is 53.5 Å². The van der Waals surface area contributed by atoms with Crippen LogP contribution in [0.4, 0.5) is 11.4 Å². The van der Waals surface area contributed by atoms with Crippen LogP contribution in [0.25, 0.3) is 0 Å². The van der Waals surface area contributed by atoms with E-state index in [0.29, 0.717) is 23.1 Å². The quantitative estimate of drug-likeness (QED) is 0.828. The van der Waals surface area contributed by atoms with Crippen molar-refractivity contribution in [1.29, 1.82) is 0 Å². The van der Waals surface area contributed by atoms with Crippen LogP contribution in [-0.2, 0) is 9.59 Å². The fourth-order valence-corrected chi connectivity index (χ4v) is 4.08. The summed E-state index contributed by atoms with van der Waals surface area (Å²) in [5, 5.41) is 2.87. The number of benzene rings is 2. The van der Waals surface area contributed by atoms with E-state index in [1.54, 1.807) is 12.0 Å². The Morgan fingerprint density at radius 1 is 1.29 bits per heavy atom. The van der Waals surface area contributed by atoms with E-state index in [2.05, 4.69) is 10.3 Å². The number of hydrogen-bond donors (Lipinski definition) is 1. The molecule has 0 spiro atoms. The molecule has 3 rings (SSSR count). The average Bonchev–Trinajstić information content (AvgIpc) is 2.68. The van der Waals surface area contributed by atoms with Crippen LogP contribution in [0.3, 0.4) is 0 Å². The molecule has 1 atom stereocenters. The van der Waals surface area contributed by atoms with Crippen molar-refractivity contribution in [3.8, 4) is 5.75 Å². The van der Waals surface area contributed by atoms with Gasteiger partial charge in [0.05, 0.1) is 7.11 Å². The van der Waals surface area contributed by atoms with Gasteiger partial charge in [0.15, 0.2) is 5.17 Å². The van der Waals surface area contributed by atoms with E-state index in [9.17, 15) is 9.59 Å². The lowest BCUT2D eigenvalue weighted by molar-refractivity contribution is -0.129. The number of aryl methyl sites for hydroxylation is 1. The van der Waals surface area contributed by atoms with Crippen molar-refractivity contribution in [2.24, 2.45) is 4.99 Å². The monoisotopic (exact) mass is 397 g/mol. The number of nitrogens with one attached hydrogen (secondary N) is 1. The minimum atomic E-state index is -0.538. The molecule has 146 valence electrons. The maximum atomic E-state index is 12.8. The molecular formula is C21H23N3O3S. The maximum absolute atomic E-state index is 12.8. The number of methoxy groups -OCH3 is 1. The van der Waals surface area contributed by atoms with Gasteiger partial charge in [-0.2, -0.15) is 0 Å². The molecule has 28 heavy (non-hydrogen) atoms. The lowest BCUT2D eigenvalue weighted by atomic mass is 10.2. The van der Waals surface area contributed by atoms with E-state index >= 15 is 0 Å². The van der Waals surface area contributed by atoms with Crippen LogP contribution < -0.4 is 10.1 Å². The summed E-state index contributed by atoms with van der Waals surface area (Å²) >= 11 is 1.30. The molecule has 6 nitrogen and oxygen atoms in total. The number of nitrogens with zero attached hydrogens (tertiary/aromatic N) is 2. The summed E-state index contributed by atoms with van der Waals surface area (Å²) in [7, 11) is 1.58. The highest BCUT2D eigenvalue weighted by Crippen LogP contribution is 2.33. The first kappa shape index (κ1) is 19.9. The van der Waals surface area contributed by atoms with E-state index in [1.165, 1.54) is 11.8 Å². The van der Waals surface area contributed by atoms with Crippen molar-refractivity contribution >= 4 is 40.1 Å². The number of amides is 2. The molecule has 0 saturated carbocycles. The van der Waals surface area contributed by atoms with Crippen molar-refractivity contribution in [3.05, 3.63) is 54.1 Å². The number of hydrogen-bond acceptors (Lipinski definition) is 5. The molecule has 0 bridgehead atoms. The molecule has 0 radical (unpaired) electrons. The van der Waals surface area contributed by atoms with Crippen molar-refractivity contribution < 1.29 is 14.3 Å². The molecule has 1 aliphatic heterocycles. The van der Waals surface area contributed by atoms with Crippen LogP contribution in [0.5, 0.6) is 5.75 Å². The van der Waals surface area contributed by atoms with Gasteiger partial charge in [-0.05, 0) is 43.7 Å². The van der Waals surface area contributed by atoms with Gasteiger partial charge in [0.25, 0.3) is 0 Å². The Kier molecular flexibility index (Phi) is 6.36. The van der Waals surface area contributed by atoms with Gasteiger partial charge in [0.2, 0.25) is 11.8 Å². The van der Waals surface area contributed by atoms with Crippen LogP contribution >= 0.6 is 11.8 Å². The molecule has 1 fully saturated rings. The standard InChI is InChI=1S/C21H23N3O3S/c1-4-24-19(25)13-18(20(26)22-15-9-7-8-14(2)12-15)28-21(24)23-16-10-5-6-11-17(16)27-3/h5-12,18H,4,13H2,1-3H3,(H,22,26)/t18-/m1/s1. The molecule has 1 heterocycles. The Morgan fingerprint density at radius 2 is 2.07 bits per heavy atom. The van der Waals surface area contributed by atoms with Crippen molar-refractivity contribution in [2.45, 2.75) is 25.5 Å². The highest BCUT2D eigenvalue weighted by atomic mass is 32.2. The lowest BCUT2D eigenvalue weighted by Crippen LogP contribution is -2.45. The number of ether oxygens (including phenoxy) is 1. The summed E-state index contributed by atoms with van der Waals surface area (Å²) in [6, 6.07) is 14.9. The second-order valence-electron chi connectivity index (χ2n) is 6.37. The largest absolute Gasteiger partial charge is 0.494 e. The number of para-hydroxylation sites is 2. The number of carbonyl (C=O) groups excluding carboxylic acids is 2. The van der Waals surface area contributed by atoms with Crippen LogP contribution in [-0.4, -0.2) is 40.8 Å². The second kappa shape index (κ2) is 8.93. The summed E-state index contributed by atoms with van der Waals surface area (Å²) in [4.78, 5) is 31.6. The van der Waals surface area contributed by atoms with Gasteiger partial charge in [-0.15, -0.1) is 0 Å². The third-order valence-corrected chi connectivity index (χ3v) is 5.52. The normalized spacial score (nSPS) is 18.2. The fourth-order valence-electron chi connectivity index (χ4n) is 2.92.